The molecular formula is C26H21ClN2O4S. The Labute approximate surface area is 202 Å². The Balaban J connectivity index is 1.41. The first kappa shape index (κ1) is 22.3. The first-order valence-corrected chi connectivity index (χ1v) is 12.5. The van der Waals surface area contributed by atoms with Crippen molar-refractivity contribution in [1.82, 2.24) is 5.32 Å². The van der Waals surface area contributed by atoms with Crippen LogP contribution in [0.2, 0.25) is 5.02 Å². The van der Waals surface area contributed by atoms with E-state index in [9.17, 15) is 13.2 Å². The summed E-state index contributed by atoms with van der Waals surface area (Å²) in [6, 6.07) is 26.6. The van der Waals surface area contributed by atoms with Gasteiger partial charge in [-0.2, -0.15) is 0 Å². The highest BCUT2D eigenvalue weighted by molar-refractivity contribution is 7.92. The van der Waals surface area contributed by atoms with E-state index in [-0.39, 0.29) is 11.4 Å². The molecular weight excluding hydrogens is 472 g/mol. The number of anilines is 1. The summed E-state index contributed by atoms with van der Waals surface area (Å²) in [6.45, 7) is 0.148. The van der Waals surface area contributed by atoms with Crippen molar-refractivity contribution < 1.29 is 17.9 Å². The van der Waals surface area contributed by atoms with Crippen LogP contribution < -0.4 is 14.4 Å². The molecule has 1 N–H and O–H groups in total. The van der Waals surface area contributed by atoms with Gasteiger partial charge in [-0.05, 0) is 52.7 Å². The Morgan fingerprint density at radius 1 is 0.941 bits per heavy atom. The van der Waals surface area contributed by atoms with Crippen molar-refractivity contribution in [3.63, 3.8) is 0 Å². The maximum atomic E-state index is 13.5. The fourth-order valence-corrected chi connectivity index (χ4v) is 5.64. The van der Waals surface area contributed by atoms with Crippen LogP contribution in [0.15, 0.2) is 95.9 Å². The average Bonchev–Trinajstić information content (AvgIpc) is 2.86. The lowest BCUT2D eigenvalue weighted by molar-refractivity contribution is -0.127. The molecule has 0 spiro atoms. The summed E-state index contributed by atoms with van der Waals surface area (Å²) >= 11 is 5.93. The molecule has 1 atom stereocenters. The smallest absolute Gasteiger partial charge is 0.264 e. The van der Waals surface area contributed by atoms with Gasteiger partial charge in [0.05, 0.1) is 17.1 Å². The SMILES string of the molecule is O=C(NCc1cccc2ccccc12)C1CN(S(=O)(=O)c2ccc(Cl)cc2)c2ccccc2O1. The molecule has 34 heavy (non-hydrogen) atoms. The molecule has 0 saturated carbocycles. The number of sulfonamides is 1. The van der Waals surface area contributed by atoms with Crippen LogP contribution >= 0.6 is 11.6 Å². The minimum atomic E-state index is -3.94. The highest BCUT2D eigenvalue weighted by Crippen LogP contribution is 2.37. The van der Waals surface area contributed by atoms with Crippen molar-refractivity contribution >= 4 is 44.0 Å². The third-order valence-electron chi connectivity index (χ3n) is 5.76. The van der Waals surface area contributed by atoms with Crippen molar-refractivity contribution in [3.8, 4) is 5.75 Å². The first-order valence-electron chi connectivity index (χ1n) is 10.7. The van der Waals surface area contributed by atoms with E-state index in [0.29, 0.717) is 23.0 Å². The number of hydrogen-bond donors (Lipinski definition) is 1. The molecule has 1 aliphatic rings. The van der Waals surface area contributed by atoms with Crippen LogP contribution in [0.1, 0.15) is 5.56 Å². The predicted molar refractivity (Wildman–Crippen MR) is 133 cm³/mol. The number of halogens is 1. The molecule has 1 amide bonds. The Morgan fingerprint density at radius 2 is 1.65 bits per heavy atom. The zero-order chi connectivity index (χ0) is 23.7. The molecule has 6 nitrogen and oxygen atoms in total. The second-order valence-corrected chi connectivity index (χ2v) is 10.2. The lowest BCUT2D eigenvalue weighted by atomic mass is 10.0. The Morgan fingerprint density at radius 3 is 2.47 bits per heavy atom. The second-order valence-electron chi connectivity index (χ2n) is 7.92. The van der Waals surface area contributed by atoms with Crippen LogP contribution in [0.4, 0.5) is 5.69 Å². The maximum absolute atomic E-state index is 13.5. The molecule has 172 valence electrons. The van der Waals surface area contributed by atoms with Crippen LogP contribution in [0.5, 0.6) is 5.75 Å². The largest absolute Gasteiger partial charge is 0.476 e. The van der Waals surface area contributed by atoms with Gasteiger partial charge in [0, 0.05) is 11.6 Å². The third kappa shape index (κ3) is 4.20. The molecule has 4 aromatic carbocycles. The van der Waals surface area contributed by atoms with E-state index in [1.165, 1.54) is 28.6 Å². The van der Waals surface area contributed by atoms with Gasteiger partial charge in [0.2, 0.25) is 0 Å². The molecule has 0 fully saturated rings. The van der Waals surface area contributed by atoms with Crippen molar-refractivity contribution in [2.45, 2.75) is 17.5 Å². The number of nitrogens with one attached hydrogen (secondary N) is 1. The molecule has 0 aromatic heterocycles. The van der Waals surface area contributed by atoms with E-state index in [0.717, 1.165) is 16.3 Å². The van der Waals surface area contributed by atoms with E-state index < -0.39 is 22.0 Å². The lowest BCUT2D eigenvalue weighted by Gasteiger charge is -2.34. The summed E-state index contributed by atoms with van der Waals surface area (Å²) in [7, 11) is -3.94. The molecule has 1 aliphatic heterocycles. The normalized spacial score (nSPS) is 15.4. The van der Waals surface area contributed by atoms with E-state index in [4.69, 9.17) is 16.3 Å². The van der Waals surface area contributed by atoms with E-state index >= 15 is 0 Å². The lowest BCUT2D eigenvalue weighted by Crippen LogP contribution is -2.50. The first-order chi connectivity index (χ1) is 16.4. The topological polar surface area (TPSA) is 75.7 Å². The summed E-state index contributed by atoms with van der Waals surface area (Å²) in [5, 5.41) is 5.47. The monoisotopic (exact) mass is 492 g/mol. The van der Waals surface area contributed by atoms with Gasteiger partial charge in [-0.3, -0.25) is 9.10 Å². The molecule has 8 heteroatoms. The van der Waals surface area contributed by atoms with Crippen molar-refractivity contribution in [2.75, 3.05) is 10.8 Å². The highest BCUT2D eigenvalue weighted by atomic mass is 35.5. The number of rotatable bonds is 5. The minimum absolute atomic E-state index is 0.0866. The fourth-order valence-electron chi connectivity index (χ4n) is 4.04. The van der Waals surface area contributed by atoms with Gasteiger partial charge in [-0.25, -0.2) is 8.42 Å². The predicted octanol–water partition coefficient (Wildman–Crippen LogP) is 4.77. The number of amides is 1. The number of fused-ring (bicyclic) bond motifs is 2. The fraction of sp³-hybridized carbons (Fsp3) is 0.115. The van der Waals surface area contributed by atoms with Crippen LogP contribution in [-0.4, -0.2) is 27.0 Å². The Hall–Kier alpha value is -3.55. The maximum Gasteiger partial charge on any atom is 0.264 e. The molecule has 1 heterocycles. The van der Waals surface area contributed by atoms with Crippen LogP contribution in [0, 0.1) is 0 Å². The molecule has 5 rings (SSSR count). The molecule has 4 aromatic rings. The third-order valence-corrected chi connectivity index (χ3v) is 7.81. The molecule has 0 radical (unpaired) electrons. The number of benzene rings is 4. The van der Waals surface area contributed by atoms with Crippen molar-refractivity contribution in [1.29, 1.82) is 0 Å². The summed E-state index contributed by atoms with van der Waals surface area (Å²) in [5.74, 6) is -0.0599. The van der Waals surface area contributed by atoms with Gasteiger partial charge in [0.25, 0.3) is 15.9 Å². The van der Waals surface area contributed by atoms with E-state index in [1.54, 1.807) is 24.3 Å². The van der Waals surface area contributed by atoms with Crippen LogP contribution in [-0.2, 0) is 21.4 Å². The zero-order valence-electron chi connectivity index (χ0n) is 18.0. The van der Waals surface area contributed by atoms with Gasteiger partial charge in [-0.1, -0.05) is 66.2 Å². The number of carbonyl (C=O) groups is 1. The summed E-state index contributed by atoms with van der Waals surface area (Å²) in [6.07, 6.45) is -1.01. The summed E-state index contributed by atoms with van der Waals surface area (Å²) in [4.78, 5) is 13.2. The molecule has 0 bridgehead atoms. The minimum Gasteiger partial charge on any atom is -0.476 e. The number of nitrogens with zero attached hydrogens (tertiary/aromatic N) is 1. The number of ether oxygens (including phenoxy) is 1. The Kier molecular flexibility index (Phi) is 5.89. The number of carbonyl (C=O) groups excluding carboxylic acids is 1. The zero-order valence-corrected chi connectivity index (χ0v) is 19.6. The van der Waals surface area contributed by atoms with Gasteiger partial charge in [0.15, 0.2) is 6.10 Å². The second kappa shape index (κ2) is 9.00. The van der Waals surface area contributed by atoms with Gasteiger partial charge >= 0.3 is 0 Å². The number of para-hydroxylation sites is 2. The summed E-state index contributed by atoms with van der Waals surface area (Å²) < 4.78 is 34.0. The van der Waals surface area contributed by atoms with Crippen LogP contribution in [0.3, 0.4) is 0 Å². The Bertz CT molecular complexity index is 1470. The standard InChI is InChI=1S/C26H21ClN2O4S/c27-20-12-14-21(15-13-20)34(31,32)29-17-25(33-24-11-4-3-10-23(24)29)26(30)28-16-19-8-5-7-18-6-1-2-9-22(18)19/h1-15,25H,16-17H2,(H,28,30). The van der Waals surface area contributed by atoms with E-state index in [1.807, 2.05) is 42.5 Å². The average molecular weight is 493 g/mol. The summed E-state index contributed by atoms with van der Waals surface area (Å²) in [5.41, 5.74) is 1.35. The molecule has 1 unspecified atom stereocenters. The molecule has 0 aliphatic carbocycles. The van der Waals surface area contributed by atoms with Gasteiger partial charge < -0.3 is 10.1 Å². The van der Waals surface area contributed by atoms with Gasteiger partial charge in [0.1, 0.15) is 5.75 Å². The van der Waals surface area contributed by atoms with Crippen molar-refractivity contribution in [3.05, 3.63) is 102 Å². The van der Waals surface area contributed by atoms with Crippen LogP contribution in [0.25, 0.3) is 10.8 Å². The highest BCUT2D eigenvalue weighted by Gasteiger charge is 2.37. The van der Waals surface area contributed by atoms with Gasteiger partial charge in [-0.15, -0.1) is 0 Å². The number of hydrogen-bond acceptors (Lipinski definition) is 4. The molecule has 0 saturated heterocycles. The van der Waals surface area contributed by atoms with Crippen molar-refractivity contribution in [2.24, 2.45) is 0 Å². The van der Waals surface area contributed by atoms with E-state index in [2.05, 4.69) is 5.32 Å². The quantitative estimate of drug-likeness (QED) is 0.435.